The fraction of sp³-hybridized carbons (Fsp3) is 0.222. The summed E-state index contributed by atoms with van der Waals surface area (Å²) in [6.07, 6.45) is 0.659. The van der Waals surface area contributed by atoms with E-state index < -0.39 is 0 Å². The van der Waals surface area contributed by atoms with E-state index in [-0.39, 0.29) is 6.03 Å². The maximum atomic E-state index is 12.0. The van der Waals surface area contributed by atoms with Crippen molar-refractivity contribution in [2.45, 2.75) is 10.8 Å². The van der Waals surface area contributed by atoms with Crippen LogP contribution in [0.15, 0.2) is 46.8 Å². The third-order valence-electron chi connectivity index (χ3n) is 3.68. The lowest BCUT2D eigenvalue weighted by Gasteiger charge is -2.11. The number of hydrogen-bond acceptors (Lipinski definition) is 6. The van der Waals surface area contributed by atoms with Crippen molar-refractivity contribution in [3.63, 3.8) is 0 Å². The SMILES string of the molecule is COc1ccc(CCNC(=O)NSc2nc3ccccc3s2)c(OC)c1. The number of nitrogens with one attached hydrogen (secondary N) is 2. The number of thiazole rings is 1. The Morgan fingerprint density at radius 3 is 2.81 bits per heavy atom. The third-order valence-corrected chi connectivity index (χ3v) is 5.56. The molecule has 3 rings (SSSR count). The Labute approximate surface area is 160 Å². The molecule has 0 unspecified atom stereocenters. The van der Waals surface area contributed by atoms with Gasteiger partial charge in [0, 0.05) is 24.6 Å². The van der Waals surface area contributed by atoms with E-state index in [1.807, 2.05) is 42.5 Å². The van der Waals surface area contributed by atoms with Gasteiger partial charge in [-0.3, -0.25) is 4.72 Å². The molecule has 3 aromatic rings. The molecule has 26 heavy (non-hydrogen) atoms. The number of aromatic nitrogens is 1. The number of urea groups is 1. The van der Waals surface area contributed by atoms with Gasteiger partial charge in [0.25, 0.3) is 0 Å². The third kappa shape index (κ3) is 4.59. The molecular weight excluding hydrogens is 370 g/mol. The standard InChI is InChI=1S/C18H19N3O3S2/c1-23-13-8-7-12(15(11-13)24-2)9-10-19-17(22)21-26-18-20-14-5-3-4-6-16(14)25-18/h3-8,11H,9-10H2,1-2H3,(H2,19,21,22). The predicted octanol–water partition coefficient (Wildman–Crippen LogP) is 3.86. The summed E-state index contributed by atoms with van der Waals surface area (Å²) in [6, 6.07) is 13.3. The molecule has 0 aliphatic carbocycles. The largest absolute Gasteiger partial charge is 0.497 e. The molecular formula is C18H19N3O3S2. The summed E-state index contributed by atoms with van der Waals surface area (Å²) < 4.78 is 15.2. The minimum atomic E-state index is -0.248. The second-order valence-corrected chi connectivity index (χ2v) is 7.42. The highest BCUT2D eigenvalue weighted by atomic mass is 32.2. The van der Waals surface area contributed by atoms with Gasteiger partial charge in [-0.05, 0) is 30.2 Å². The van der Waals surface area contributed by atoms with E-state index in [2.05, 4.69) is 15.0 Å². The number of amides is 2. The monoisotopic (exact) mass is 389 g/mol. The summed E-state index contributed by atoms with van der Waals surface area (Å²) in [5, 5.41) is 2.83. The number of ether oxygens (including phenoxy) is 2. The van der Waals surface area contributed by atoms with E-state index in [9.17, 15) is 4.79 Å². The maximum Gasteiger partial charge on any atom is 0.325 e. The zero-order valence-corrected chi connectivity index (χ0v) is 16.1. The average Bonchev–Trinajstić information content (AvgIpc) is 3.09. The van der Waals surface area contributed by atoms with Gasteiger partial charge in [-0.1, -0.05) is 18.2 Å². The van der Waals surface area contributed by atoms with Crippen LogP contribution in [0.1, 0.15) is 5.56 Å². The van der Waals surface area contributed by atoms with Crippen molar-refractivity contribution in [1.82, 2.24) is 15.0 Å². The number of benzene rings is 2. The number of carbonyl (C=O) groups is 1. The molecule has 6 nitrogen and oxygen atoms in total. The number of fused-ring (bicyclic) bond motifs is 1. The van der Waals surface area contributed by atoms with Gasteiger partial charge in [0.1, 0.15) is 11.5 Å². The molecule has 0 atom stereocenters. The Balaban J connectivity index is 1.47. The Morgan fingerprint density at radius 1 is 1.19 bits per heavy atom. The van der Waals surface area contributed by atoms with Gasteiger partial charge in [-0.15, -0.1) is 11.3 Å². The van der Waals surface area contributed by atoms with Crippen LogP contribution in [0.2, 0.25) is 0 Å². The molecule has 0 fully saturated rings. The molecule has 0 spiro atoms. The Bertz CT molecular complexity index is 865. The molecule has 136 valence electrons. The minimum absolute atomic E-state index is 0.248. The highest BCUT2D eigenvalue weighted by molar-refractivity contribution is 7.99. The van der Waals surface area contributed by atoms with Crippen molar-refractivity contribution in [3.05, 3.63) is 48.0 Å². The number of carbonyl (C=O) groups excluding carboxylic acids is 1. The summed E-state index contributed by atoms with van der Waals surface area (Å²) in [5.41, 5.74) is 1.95. The predicted molar refractivity (Wildman–Crippen MR) is 105 cm³/mol. The molecule has 2 N–H and O–H groups in total. The van der Waals surface area contributed by atoms with Crippen molar-refractivity contribution in [2.24, 2.45) is 0 Å². The van der Waals surface area contributed by atoms with Gasteiger partial charge in [-0.25, -0.2) is 9.78 Å². The second kappa shape index (κ2) is 8.77. The Morgan fingerprint density at radius 2 is 2.04 bits per heavy atom. The first-order valence-corrected chi connectivity index (χ1v) is 9.60. The number of nitrogens with zero attached hydrogens (tertiary/aromatic N) is 1. The van der Waals surface area contributed by atoms with Crippen molar-refractivity contribution in [3.8, 4) is 11.5 Å². The van der Waals surface area contributed by atoms with Gasteiger partial charge in [-0.2, -0.15) is 0 Å². The fourth-order valence-electron chi connectivity index (χ4n) is 2.39. The Kier molecular flexibility index (Phi) is 6.19. The van der Waals surface area contributed by atoms with E-state index in [0.717, 1.165) is 31.6 Å². The zero-order valence-electron chi connectivity index (χ0n) is 14.4. The van der Waals surface area contributed by atoms with Crippen LogP contribution in [0, 0.1) is 0 Å². The molecule has 2 aromatic carbocycles. The number of methoxy groups -OCH3 is 2. The van der Waals surface area contributed by atoms with Crippen LogP contribution < -0.4 is 19.5 Å². The van der Waals surface area contributed by atoms with Crippen LogP contribution in [0.3, 0.4) is 0 Å². The normalized spacial score (nSPS) is 10.5. The van der Waals surface area contributed by atoms with Crippen LogP contribution in [0.4, 0.5) is 4.79 Å². The van der Waals surface area contributed by atoms with Crippen molar-refractivity contribution < 1.29 is 14.3 Å². The first-order chi connectivity index (χ1) is 12.7. The molecule has 0 saturated heterocycles. The van der Waals surface area contributed by atoms with E-state index in [0.29, 0.717) is 13.0 Å². The average molecular weight is 390 g/mol. The highest BCUT2D eigenvalue weighted by Crippen LogP contribution is 2.27. The molecule has 0 aliphatic heterocycles. The zero-order chi connectivity index (χ0) is 18.4. The van der Waals surface area contributed by atoms with Gasteiger partial charge in [0.05, 0.1) is 24.4 Å². The Hall–Kier alpha value is -2.45. The summed E-state index contributed by atoms with van der Waals surface area (Å²) in [6.45, 7) is 0.495. The molecule has 0 bridgehead atoms. The van der Waals surface area contributed by atoms with E-state index >= 15 is 0 Å². The molecule has 0 aliphatic rings. The van der Waals surface area contributed by atoms with Gasteiger partial charge < -0.3 is 14.8 Å². The minimum Gasteiger partial charge on any atom is -0.497 e. The lowest BCUT2D eigenvalue weighted by molar-refractivity contribution is 0.246. The van der Waals surface area contributed by atoms with Gasteiger partial charge in [0.15, 0.2) is 4.34 Å². The molecule has 1 aromatic heterocycles. The first kappa shape index (κ1) is 18.3. The van der Waals surface area contributed by atoms with E-state index in [1.165, 1.54) is 11.9 Å². The topological polar surface area (TPSA) is 72.5 Å². The maximum absolute atomic E-state index is 12.0. The quantitative estimate of drug-likeness (QED) is 0.600. The van der Waals surface area contributed by atoms with Crippen LogP contribution in [0.25, 0.3) is 10.2 Å². The van der Waals surface area contributed by atoms with Crippen LogP contribution in [-0.4, -0.2) is 31.8 Å². The number of para-hydroxylation sites is 1. The second-order valence-electron chi connectivity index (χ2n) is 5.34. The number of hydrogen-bond donors (Lipinski definition) is 2. The highest BCUT2D eigenvalue weighted by Gasteiger charge is 2.08. The molecule has 1 heterocycles. The van der Waals surface area contributed by atoms with E-state index in [1.54, 1.807) is 25.6 Å². The lowest BCUT2D eigenvalue weighted by Crippen LogP contribution is -2.32. The first-order valence-electron chi connectivity index (χ1n) is 7.97. The van der Waals surface area contributed by atoms with Crippen LogP contribution in [-0.2, 0) is 6.42 Å². The van der Waals surface area contributed by atoms with Crippen molar-refractivity contribution >= 4 is 39.5 Å². The van der Waals surface area contributed by atoms with Crippen molar-refractivity contribution in [1.29, 1.82) is 0 Å². The number of rotatable bonds is 7. The fourth-order valence-corrected chi connectivity index (χ4v) is 4.04. The van der Waals surface area contributed by atoms with Crippen molar-refractivity contribution in [2.75, 3.05) is 20.8 Å². The lowest BCUT2D eigenvalue weighted by atomic mass is 10.1. The molecule has 0 saturated carbocycles. The summed E-state index contributed by atoms with van der Waals surface area (Å²) in [7, 11) is 3.23. The van der Waals surface area contributed by atoms with Crippen LogP contribution >= 0.6 is 23.3 Å². The van der Waals surface area contributed by atoms with Gasteiger partial charge in [0.2, 0.25) is 0 Å². The van der Waals surface area contributed by atoms with Gasteiger partial charge >= 0.3 is 6.03 Å². The smallest absolute Gasteiger partial charge is 0.325 e. The summed E-state index contributed by atoms with van der Waals surface area (Å²) in [4.78, 5) is 16.4. The molecule has 2 amide bonds. The molecule has 8 heteroatoms. The summed E-state index contributed by atoms with van der Waals surface area (Å²) >= 11 is 2.77. The summed E-state index contributed by atoms with van der Waals surface area (Å²) in [5.74, 6) is 1.49. The van der Waals surface area contributed by atoms with Crippen LogP contribution in [0.5, 0.6) is 11.5 Å². The van der Waals surface area contributed by atoms with E-state index in [4.69, 9.17) is 9.47 Å². The molecule has 0 radical (unpaired) electrons.